The zero-order chi connectivity index (χ0) is 22.8. The van der Waals surface area contributed by atoms with E-state index in [4.69, 9.17) is 4.74 Å². The average Bonchev–Trinajstić information content (AvgIpc) is 2.69. The average molecular weight is 448 g/mol. The molecule has 0 bridgehead atoms. The summed E-state index contributed by atoms with van der Waals surface area (Å²) in [5, 5.41) is -0.384. The van der Waals surface area contributed by atoms with Crippen molar-refractivity contribution in [1.82, 2.24) is 0 Å². The Labute approximate surface area is 186 Å². The van der Waals surface area contributed by atoms with Crippen molar-refractivity contribution in [3.63, 3.8) is 0 Å². The third-order valence-corrected chi connectivity index (χ3v) is 8.16. The first kappa shape index (κ1) is 23.7. The molecule has 1 aliphatic rings. The van der Waals surface area contributed by atoms with Gasteiger partial charge in [0.05, 0.1) is 23.2 Å². The van der Waals surface area contributed by atoms with E-state index in [-0.39, 0.29) is 29.0 Å². The molecule has 6 heteroatoms. The Bertz CT molecular complexity index is 992. The number of halogens is 1. The fourth-order valence-electron chi connectivity index (χ4n) is 4.12. The molecule has 4 nitrogen and oxygen atoms in total. The molecule has 1 fully saturated rings. The van der Waals surface area contributed by atoms with Crippen LogP contribution in [0.25, 0.3) is 0 Å². The summed E-state index contributed by atoms with van der Waals surface area (Å²) in [7, 11) is -3.11. The standard InChI is InChI=1S/C25H34FNO3S/c1-17(2)31(28,29)16-22-8-6-21(7-9-22)10-11-23-12-13-24(20(5)25(23)26)27-14-18(3)30-19(4)15-27/h6-9,12-13,17-19H,10-11,14-16H2,1-5H3/t18-,19+. The van der Waals surface area contributed by atoms with Gasteiger partial charge in [-0.15, -0.1) is 0 Å². The van der Waals surface area contributed by atoms with Crippen molar-refractivity contribution in [3.8, 4) is 0 Å². The summed E-state index contributed by atoms with van der Waals surface area (Å²) in [6.07, 6.45) is 1.57. The fraction of sp³-hybridized carbons (Fsp3) is 0.520. The van der Waals surface area contributed by atoms with Gasteiger partial charge in [0.2, 0.25) is 0 Å². The molecular weight excluding hydrogens is 413 g/mol. The van der Waals surface area contributed by atoms with E-state index in [9.17, 15) is 8.42 Å². The third-order valence-electron chi connectivity index (χ3n) is 5.99. The van der Waals surface area contributed by atoms with Crippen molar-refractivity contribution in [2.75, 3.05) is 18.0 Å². The van der Waals surface area contributed by atoms with Crippen LogP contribution in [-0.2, 0) is 33.2 Å². The van der Waals surface area contributed by atoms with Crippen LogP contribution in [0.3, 0.4) is 0 Å². The molecule has 3 rings (SSSR count). The molecule has 0 aliphatic carbocycles. The van der Waals surface area contributed by atoms with E-state index in [2.05, 4.69) is 4.90 Å². The molecule has 31 heavy (non-hydrogen) atoms. The number of aryl methyl sites for hydroxylation is 2. The largest absolute Gasteiger partial charge is 0.372 e. The van der Waals surface area contributed by atoms with Gasteiger partial charge in [-0.3, -0.25) is 0 Å². The highest BCUT2D eigenvalue weighted by Crippen LogP contribution is 2.28. The molecule has 0 N–H and O–H groups in total. The minimum Gasteiger partial charge on any atom is -0.372 e. The molecule has 2 aromatic rings. The van der Waals surface area contributed by atoms with Crippen LogP contribution in [0.2, 0.25) is 0 Å². The minimum absolute atomic E-state index is 0.0546. The SMILES string of the molecule is Cc1c(N2C[C@@H](C)O[C@@H](C)C2)ccc(CCc2ccc(CS(=O)(=O)C(C)C)cc2)c1F. The first-order valence-corrected chi connectivity index (χ1v) is 12.8. The van der Waals surface area contributed by atoms with Crippen LogP contribution >= 0.6 is 0 Å². The highest BCUT2D eigenvalue weighted by Gasteiger charge is 2.24. The second-order valence-electron chi connectivity index (χ2n) is 9.02. The van der Waals surface area contributed by atoms with Crippen LogP contribution in [0.5, 0.6) is 0 Å². The second-order valence-corrected chi connectivity index (χ2v) is 11.6. The van der Waals surface area contributed by atoms with E-state index >= 15 is 4.39 Å². The number of sulfone groups is 1. The summed E-state index contributed by atoms with van der Waals surface area (Å²) in [6.45, 7) is 10.9. The summed E-state index contributed by atoms with van der Waals surface area (Å²) in [5.41, 5.74) is 4.20. The number of anilines is 1. The monoisotopic (exact) mass is 447 g/mol. The van der Waals surface area contributed by atoms with Gasteiger partial charge in [0.15, 0.2) is 9.84 Å². The Morgan fingerprint density at radius 2 is 1.58 bits per heavy atom. The summed E-state index contributed by atoms with van der Waals surface area (Å²) < 4.78 is 45.1. The Morgan fingerprint density at radius 1 is 1.00 bits per heavy atom. The predicted octanol–water partition coefficient (Wildman–Crippen LogP) is 4.86. The Hall–Kier alpha value is -1.92. The van der Waals surface area contributed by atoms with Crippen LogP contribution < -0.4 is 4.90 Å². The highest BCUT2D eigenvalue weighted by molar-refractivity contribution is 7.91. The zero-order valence-electron chi connectivity index (χ0n) is 19.2. The molecular formula is C25H34FNO3S. The maximum Gasteiger partial charge on any atom is 0.156 e. The van der Waals surface area contributed by atoms with Gasteiger partial charge in [0, 0.05) is 24.3 Å². The van der Waals surface area contributed by atoms with Crippen LogP contribution in [-0.4, -0.2) is 39.0 Å². The van der Waals surface area contributed by atoms with Crippen molar-refractivity contribution in [2.45, 2.75) is 70.7 Å². The topological polar surface area (TPSA) is 46.6 Å². The lowest BCUT2D eigenvalue weighted by molar-refractivity contribution is -0.00526. The van der Waals surface area contributed by atoms with Crippen LogP contribution in [0.15, 0.2) is 36.4 Å². The van der Waals surface area contributed by atoms with Crippen molar-refractivity contribution in [1.29, 1.82) is 0 Å². The number of hydrogen-bond donors (Lipinski definition) is 0. The van der Waals surface area contributed by atoms with Gasteiger partial charge in [-0.1, -0.05) is 30.3 Å². The normalized spacial score (nSPS) is 19.8. The lowest BCUT2D eigenvalue weighted by Crippen LogP contribution is -2.45. The molecule has 0 aromatic heterocycles. The summed E-state index contributed by atoms with van der Waals surface area (Å²) in [6, 6.07) is 11.5. The smallest absolute Gasteiger partial charge is 0.156 e. The lowest BCUT2D eigenvalue weighted by atomic mass is 10.00. The molecule has 0 unspecified atom stereocenters. The quantitative estimate of drug-likeness (QED) is 0.608. The minimum atomic E-state index is -3.11. The van der Waals surface area contributed by atoms with Crippen molar-refractivity contribution >= 4 is 15.5 Å². The second kappa shape index (κ2) is 9.70. The van der Waals surface area contributed by atoms with Gasteiger partial charge >= 0.3 is 0 Å². The van der Waals surface area contributed by atoms with E-state index < -0.39 is 9.84 Å². The van der Waals surface area contributed by atoms with E-state index in [0.29, 0.717) is 24.0 Å². The predicted molar refractivity (Wildman–Crippen MR) is 125 cm³/mol. The molecule has 1 aliphatic heterocycles. The van der Waals surface area contributed by atoms with Crippen LogP contribution in [0.4, 0.5) is 10.1 Å². The van der Waals surface area contributed by atoms with E-state index in [1.807, 2.05) is 57.2 Å². The number of benzene rings is 2. The molecule has 2 atom stereocenters. The summed E-state index contributed by atoms with van der Waals surface area (Å²) in [5.74, 6) is -0.0807. The zero-order valence-corrected chi connectivity index (χ0v) is 20.0. The molecule has 0 amide bonds. The van der Waals surface area contributed by atoms with Gasteiger partial charge in [0.1, 0.15) is 5.82 Å². The fourth-order valence-corrected chi connectivity index (χ4v) is 5.11. The van der Waals surface area contributed by atoms with E-state index in [1.165, 1.54) is 0 Å². The lowest BCUT2D eigenvalue weighted by Gasteiger charge is -2.37. The van der Waals surface area contributed by atoms with Gasteiger partial charge in [-0.2, -0.15) is 0 Å². The number of rotatable bonds is 7. The van der Waals surface area contributed by atoms with Gasteiger partial charge in [0.25, 0.3) is 0 Å². The highest BCUT2D eigenvalue weighted by atomic mass is 32.2. The van der Waals surface area contributed by atoms with Gasteiger partial charge in [-0.05, 0) is 70.2 Å². The number of ether oxygens (including phenoxy) is 1. The molecule has 1 heterocycles. The number of nitrogens with zero attached hydrogens (tertiary/aromatic N) is 1. The first-order chi connectivity index (χ1) is 14.6. The van der Waals surface area contributed by atoms with Crippen molar-refractivity contribution < 1.29 is 17.5 Å². The maximum atomic E-state index is 15.1. The van der Waals surface area contributed by atoms with E-state index in [0.717, 1.165) is 29.9 Å². The van der Waals surface area contributed by atoms with Crippen LogP contribution in [0, 0.1) is 12.7 Å². The van der Waals surface area contributed by atoms with E-state index in [1.54, 1.807) is 13.8 Å². The van der Waals surface area contributed by atoms with Crippen molar-refractivity contribution in [3.05, 3.63) is 64.5 Å². The molecule has 0 radical (unpaired) electrons. The summed E-state index contributed by atoms with van der Waals surface area (Å²) >= 11 is 0. The Balaban J connectivity index is 1.66. The van der Waals surface area contributed by atoms with Crippen LogP contribution in [0.1, 0.15) is 49.9 Å². The number of morpholine rings is 1. The number of hydrogen-bond acceptors (Lipinski definition) is 4. The Kier molecular flexibility index (Phi) is 7.43. The third kappa shape index (κ3) is 5.86. The van der Waals surface area contributed by atoms with Crippen molar-refractivity contribution in [2.24, 2.45) is 0 Å². The first-order valence-electron chi connectivity index (χ1n) is 11.0. The maximum absolute atomic E-state index is 15.1. The molecule has 0 saturated carbocycles. The molecule has 1 saturated heterocycles. The molecule has 170 valence electrons. The van der Waals surface area contributed by atoms with Gasteiger partial charge in [-0.25, -0.2) is 12.8 Å². The Morgan fingerprint density at radius 3 is 2.16 bits per heavy atom. The molecule has 2 aromatic carbocycles. The molecule has 0 spiro atoms. The van der Waals surface area contributed by atoms with Gasteiger partial charge < -0.3 is 9.64 Å². The summed E-state index contributed by atoms with van der Waals surface area (Å²) in [4.78, 5) is 2.21.